The Hall–Kier alpha value is -0.570. The number of carboxylic acid groups (broad SMARTS) is 3. The van der Waals surface area contributed by atoms with E-state index in [-0.39, 0.29) is 48.0 Å². The lowest BCUT2D eigenvalue weighted by atomic mass is 10.3. The molecule has 0 radical (unpaired) electrons. The lowest BCUT2D eigenvalue weighted by Crippen LogP contribution is -2.40. The van der Waals surface area contributed by atoms with E-state index in [1.807, 2.05) is 0 Å². The summed E-state index contributed by atoms with van der Waals surface area (Å²) in [5, 5.41) is 26.6. The summed E-state index contributed by atoms with van der Waals surface area (Å²) >= 11 is 11.0. The van der Waals surface area contributed by atoms with Gasteiger partial charge in [-0.15, -0.1) is 24.8 Å². The van der Waals surface area contributed by atoms with Crippen LogP contribution in [0.4, 0.5) is 0 Å². The van der Waals surface area contributed by atoms with Crippen LogP contribution in [0.15, 0.2) is 0 Å². The van der Waals surface area contributed by atoms with Gasteiger partial charge in [-0.25, -0.2) is 4.79 Å². The highest BCUT2D eigenvalue weighted by Crippen LogP contribution is 1.87. The van der Waals surface area contributed by atoms with Crippen molar-refractivity contribution >= 4 is 86.5 Å². The number of aliphatic carboxylic acids is 3. The Bertz CT molecular complexity index is 402. The average molecular weight is 478 g/mol. The zero-order chi connectivity index (χ0) is 19.9. The molecule has 0 aromatic carbocycles. The number of rotatable bonds is 7. The van der Waals surface area contributed by atoms with Gasteiger partial charge in [0.25, 0.3) is 0 Å². The second-order valence-corrected chi connectivity index (χ2v) is 5.12. The summed E-state index contributed by atoms with van der Waals surface area (Å²) < 4.78 is 0. The second kappa shape index (κ2) is 22.5. The normalized spacial score (nSPS) is 11.9. The number of hydrogen-bond donors (Lipinski definition) is 9. The van der Waals surface area contributed by atoms with Crippen molar-refractivity contribution in [3.8, 4) is 0 Å². The number of carboxylic acids is 3. The maximum absolute atomic E-state index is 10.3. The van der Waals surface area contributed by atoms with Gasteiger partial charge in [0.05, 0.1) is 0 Å². The van der Waals surface area contributed by atoms with Crippen LogP contribution in [0.5, 0.6) is 0 Å². The topological polar surface area (TPSA) is 193 Å². The van der Waals surface area contributed by atoms with E-state index in [1.165, 1.54) is 6.92 Å². The second-order valence-electron chi connectivity index (χ2n) is 4.03. The van der Waals surface area contributed by atoms with E-state index in [2.05, 4.69) is 43.2 Å². The number of nitrogens with two attached hydrogens (primary N) is 2. The average Bonchev–Trinajstić information content (AvgIpc) is 2.51. The summed E-state index contributed by atoms with van der Waals surface area (Å²) in [6.07, 6.45) is 0. The van der Waals surface area contributed by atoms with Crippen LogP contribution in [-0.4, -0.2) is 74.5 Å². The van der Waals surface area contributed by atoms with Crippen LogP contribution in [0.25, 0.3) is 0 Å². The number of nitrogens with one attached hydrogen (secondary N) is 1. The minimum atomic E-state index is -1.06. The zero-order valence-corrected chi connectivity index (χ0v) is 18.0. The first-order chi connectivity index (χ1) is 10.9. The fourth-order valence-electron chi connectivity index (χ4n) is 0.587. The first-order valence-electron chi connectivity index (χ1n) is 6.23. The lowest BCUT2D eigenvalue weighted by Gasteiger charge is -2.08. The highest BCUT2D eigenvalue weighted by Gasteiger charge is 2.15. The Morgan fingerprint density at radius 2 is 1.12 bits per heavy atom. The molecular weight excluding hydrogens is 453 g/mol. The molecule has 0 saturated carbocycles. The fourth-order valence-corrected chi connectivity index (χ4v) is 1.15. The van der Waals surface area contributed by atoms with E-state index in [9.17, 15) is 19.2 Å². The Morgan fingerprint density at radius 1 is 0.808 bits per heavy atom. The predicted molar refractivity (Wildman–Crippen MR) is 113 cm³/mol. The minimum absolute atomic E-state index is 0. The number of thiol groups is 3. The minimum Gasteiger partial charge on any atom is -0.480 e. The fraction of sp³-hybridized carbons (Fsp3) is 0.636. The quantitative estimate of drug-likeness (QED) is 0.207. The zero-order valence-electron chi connectivity index (χ0n) is 13.6. The van der Waals surface area contributed by atoms with Crippen molar-refractivity contribution < 1.29 is 34.5 Å². The van der Waals surface area contributed by atoms with Crippen molar-refractivity contribution in [1.82, 2.24) is 5.32 Å². The summed E-state index contributed by atoms with van der Waals surface area (Å²) in [6, 6.07) is -2.51. The van der Waals surface area contributed by atoms with Gasteiger partial charge in [0.15, 0.2) is 0 Å². The van der Waals surface area contributed by atoms with Crippen LogP contribution in [0.1, 0.15) is 6.92 Å². The number of amides is 1. The molecule has 15 heteroatoms. The lowest BCUT2D eigenvalue weighted by molar-refractivity contribution is -0.141. The molecule has 1 amide bonds. The van der Waals surface area contributed by atoms with Crippen LogP contribution >= 0.6 is 62.7 Å². The molecule has 0 aliphatic heterocycles. The molecule has 0 unspecified atom stereocenters. The molecule has 0 aliphatic rings. The maximum atomic E-state index is 10.3. The summed E-state index contributed by atoms with van der Waals surface area (Å²) in [4.78, 5) is 40.0. The van der Waals surface area contributed by atoms with Crippen molar-refractivity contribution in [3.05, 3.63) is 0 Å². The Balaban J connectivity index is -0.0000000836. The molecule has 0 bridgehead atoms. The van der Waals surface area contributed by atoms with Gasteiger partial charge in [0.2, 0.25) is 5.91 Å². The molecule has 0 rings (SSSR count). The van der Waals surface area contributed by atoms with Crippen molar-refractivity contribution in [2.45, 2.75) is 25.0 Å². The van der Waals surface area contributed by atoms with Crippen molar-refractivity contribution in [1.29, 1.82) is 0 Å². The van der Waals surface area contributed by atoms with Crippen LogP contribution in [0, 0.1) is 0 Å². The van der Waals surface area contributed by atoms with Gasteiger partial charge in [0.1, 0.15) is 18.1 Å². The van der Waals surface area contributed by atoms with Gasteiger partial charge < -0.3 is 32.1 Å². The predicted octanol–water partition coefficient (Wildman–Crippen LogP) is -0.995. The molecule has 10 nitrogen and oxygen atoms in total. The van der Waals surface area contributed by atoms with Crippen molar-refractivity contribution in [2.24, 2.45) is 11.5 Å². The molecule has 0 aliphatic carbocycles. The van der Waals surface area contributed by atoms with E-state index < -0.39 is 36.0 Å². The van der Waals surface area contributed by atoms with Crippen molar-refractivity contribution in [2.75, 3.05) is 17.3 Å². The first kappa shape index (κ1) is 36.4. The van der Waals surface area contributed by atoms with E-state index in [0.29, 0.717) is 0 Å². The van der Waals surface area contributed by atoms with Gasteiger partial charge >= 0.3 is 17.9 Å². The first-order valence-corrected chi connectivity index (χ1v) is 8.13. The molecular formula is C11H25Cl2N3O7S3. The van der Waals surface area contributed by atoms with Crippen LogP contribution < -0.4 is 16.8 Å². The molecule has 0 aromatic heterocycles. The van der Waals surface area contributed by atoms with Crippen LogP contribution in [0.2, 0.25) is 0 Å². The number of halogens is 2. The van der Waals surface area contributed by atoms with Gasteiger partial charge in [0, 0.05) is 24.2 Å². The highest BCUT2D eigenvalue weighted by molar-refractivity contribution is 7.80. The summed E-state index contributed by atoms with van der Waals surface area (Å²) in [7, 11) is 0. The van der Waals surface area contributed by atoms with E-state index in [4.69, 9.17) is 26.8 Å². The molecule has 3 atom stereocenters. The van der Waals surface area contributed by atoms with Crippen LogP contribution in [-0.2, 0) is 19.2 Å². The third-order valence-corrected chi connectivity index (χ3v) is 3.04. The molecule has 0 spiro atoms. The maximum Gasteiger partial charge on any atom is 0.327 e. The molecule has 26 heavy (non-hydrogen) atoms. The summed E-state index contributed by atoms with van der Waals surface area (Å²) in [5.41, 5.74) is 9.88. The van der Waals surface area contributed by atoms with E-state index in [1.54, 1.807) is 0 Å². The Morgan fingerprint density at radius 3 is 1.15 bits per heavy atom. The van der Waals surface area contributed by atoms with E-state index in [0.717, 1.165) is 0 Å². The third-order valence-electron chi connectivity index (χ3n) is 1.89. The van der Waals surface area contributed by atoms with E-state index >= 15 is 0 Å². The largest absolute Gasteiger partial charge is 0.480 e. The van der Waals surface area contributed by atoms with Crippen LogP contribution in [0.3, 0.4) is 0 Å². The van der Waals surface area contributed by atoms with Gasteiger partial charge in [-0.3, -0.25) is 14.4 Å². The summed E-state index contributed by atoms with van der Waals surface area (Å²) in [5.74, 6) is -2.95. The van der Waals surface area contributed by atoms with Crippen molar-refractivity contribution in [3.63, 3.8) is 0 Å². The molecule has 158 valence electrons. The standard InChI is InChI=1S/C5H9NO3S.2C3H7NO2S.2ClH/c1-3(7)6-4(2-10)5(8)9;2*4-2(1-7)3(5)6;;/h4,10H,2H2,1H3,(H,6,7)(H,8,9);2*2,7H,1,4H2,(H,5,6);2*1H/t4-;2*2-;;/m000../s1. The molecule has 0 heterocycles. The molecule has 8 N–H and O–H groups in total. The molecule has 0 saturated heterocycles. The van der Waals surface area contributed by atoms with Gasteiger partial charge in [-0.2, -0.15) is 37.9 Å². The number of hydrogen-bond acceptors (Lipinski definition) is 9. The van der Waals surface area contributed by atoms with Gasteiger partial charge in [-0.05, 0) is 0 Å². The Kier molecular flexibility index (Phi) is 31.4. The highest BCUT2D eigenvalue weighted by atomic mass is 35.5. The number of carbonyl (C=O) groups excluding carboxylic acids is 1. The monoisotopic (exact) mass is 477 g/mol. The third kappa shape index (κ3) is 25.7. The summed E-state index contributed by atoms with van der Waals surface area (Å²) in [6.45, 7) is 1.26. The Labute approximate surface area is 179 Å². The SMILES string of the molecule is CC(=O)N[C@@H](CS)C(=O)O.Cl.Cl.N[C@@H](CS)C(=O)O.N[C@@H](CS)C(=O)O. The number of carbonyl (C=O) groups is 4. The smallest absolute Gasteiger partial charge is 0.327 e. The molecule has 0 fully saturated rings. The molecule has 0 aromatic rings. The van der Waals surface area contributed by atoms with Gasteiger partial charge in [-0.1, -0.05) is 0 Å².